The van der Waals surface area contributed by atoms with Crippen LogP contribution in [0.15, 0.2) is 44.5 Å². The van der Waals surface area contributed by atoms with E-state index in [2.05, 4.69) is 4.72 Å². The molecule has 2 rings (SSSR count). The Morgan fingerprint density at radius 2 is 2.09 bits per heavy atom. The number of furan rings is 1. The summed E-state index contributed by atoms with van der Waals surface area (Å²) in [6.07, 6.45) is 1.49. The highest BCUT2D eigenvalue weighted by molar-refractivity contribution is 8.14. The monoisotopic (exact) mass is 373 g/mol. The Balaban J connectivity index is 2.18. The molecule has 0 aliphatic heterocycles. The molecule has 2 heterocycles. The van der Waals surface area contributed by atoms with Crippen molar-refractivity contribution >= 4 is 38.2 Å². The summed E-state index contributed by atoms with van der Waals surface area (Å²) in [6.45, 7) is 5.81. The van der Waals surface area contributed by atoms with Crippen molar-refractivity contribution in [2.24, 2.45) is 0 Å². The van der Waals surface area contributed by atoms with Crippen LogP contribution in [0, 0.1) is 0 Å². The van der Waals surface area contributed by atoms with Gasteiger partial charge in [-0.1, -0.05) is 38.6 Å². The van der Waals surface area contributed by atoms with Gasteiger partial charge in [-0.05, 0) is 23.6 Å². The molecule has 0 radical (unpaired) electrons. The molecule has 0 amide bonds. The van der Waals surface area contributed by atoms with Crippen molar-refractivity contribution < 1.29 is 17.6 Å². The molecule has 23 heavy (non-hydrogen) atoms. The van der Waals surface area contributed by atoms with Gasteiger partial charge in [-0.15, -0.1) is 11.3 Å². The lowest BCUT2D eigenvalue weighted by Gasteiger charge is -2.19. The van der Waals surface area contributed by atoms with Gasteiger partial charge in [0.25, 0.3) is 10.0 Å². The molecule has 0 aliphatic rings. The fraction of sp³-hybridized carbons (Fsp3) is 0.400. The van der Waals surface area contributed by atoms with Crippen LogP contribution < -0.4 is 4.72 Å². The standard InChI is InChI=1S/C15H19NO4S3/c1-15(2,3)22-13(17)10-11(12-6-4-8-20-12)16-23(18,19)14-7-5-9-21-14/h4-9,11,16H,10H2,1-3H3/t11-/m1/s1. The first-order valence-electron chi connectivity index (χ1n) is 6.98. The Hall–Kier alpha value is -1.09. The van der Waals surface area contributed by atoms with Crippen molar-refractivity contribution in [2.75, 3.05) is 0 Å². The van der Waals surface area contributed by atoms with Crippen LogP contribution in [0.1, 0.15) is 39.0 Å². The second-order valence-corrected chi connectivity index (χ2v) is 10.7. The average molecular weight is 374 g/mol. The van der Waals surface area contributed by atoms with E-state index < -0.39 is 16.1 Å². The van der Waals surface area contributed by atoms with Gasteiger partial charge in [0.15, 0.2) is 5.12 Å². The first-order chi connectivity index (χ1) is 10.7. The zero-order chi connectivity index (χ0) is 17.1. The molecular formula is C15H19NO4S3. The van der Waals surface area contributed by atoms with E-state index in [9.17, 15) is 13.2 Å². The molecule has 0 aliphatic carbocycles. The van der Waals surface area contributed by atoms with E-state index in [4.69, 9.17) is 4.42 Å². The predicted molar refractivity (Wildman–Crippen MR) is 93.1 cm³/mol. The van der Waals surface area contributed by atoms with E-state index >= 15 is 0 Å². The van der Waals surface area contributed by atoms with E-state index in [0.717, 1.165) is 11.3 Å². The van der Waals surface area contributed by atoms with Crippen molar-refractivity contribution in [1.29, 1.82) is 0 Å². The lowest BCUT2D eigenvalue weighted by molar-refractivity contribution is -0.111. The molecule has 0 spiro atoms. The third kappa shape index (κ3) is 5.49. The average Bonchev–Trinajstić information content (AvgIpc) is 3.09. The topological polar surface area (TPSA) is 76.4 Å². The molecule has 2 aromatic heterocycles. The van der Waals surface area contributed by atoms with Crippen LogP contribution in [0.3, 0.4) is 0 Å². The number of carbonyl (C=O) groups excluding carboxylic acids is 1. The minimum Gasteiger partial charge on any atom is -0.468 e. The fourth-order valence-electron chi connectivity index (χ4n) is 1.90. The maximum absolute atomic E-state index is 12.4. The minimum absolute atomic E-state index is 0.0278. The van der Waals surface area contributed by atoms with E-state index in [1.54, 1.807) is 23.6 Å². The molecule has 5 nitrogen and oxygen atoms in total. The van der Waals surface area contributed by atoms with Crippen LogP contribution in [-0.2, 0) is 14.8 Å². The molecule has 0 aromatic carbocycles. The zero-order valence-corrected chi connectivity index (χ0v) is 15.6. The number of thioether (sulfide) groups is 1. The molecule has 0 saturated carbocycles. The number of thiophene rings is 1. The van der Waals surface area contributed by atoms with E-state index in [1.807, 2.05) is 20.8 Å². The summed E-state index contributed by atoms with van der Waals surface area (Å²) in [6, 6.07) is 5.80. The summed E-state index contributed by atoms with van der Waals surface area (Å²) < 4.78 is 32.7. The minimum atomic E-state index is -3.68. The number of rotatable bonds is 6. The van der Waals surface area contributed by atoms with Crippen LogP contribution in [0.25, 0.3) is 0 Å². The van der Waals surface area contributed by atoms with Crippen LogP contribution in [0.5, 0.6) is 0 Å². The van der Waals surface area contributed by atoms with Gasteiger partial charge in [-0.2, -0.15) is 4.72 Å². The van der Waals surface area contributed by atoms with Gasteiger partial charge in [0.2, 0.25) is 0 Å². The second-order valence-electron chi connectivity index (χ2n) is 5.91. The Bertz CT molecular complexity index is 728. The molecule has 1 N–H and O–H groups in total. The molecule has 1 atom stereocenters. The van der Waals surface area contributed by atoms with Crippen molar-refractivity contribution in [3.8, 4) is 0 Å². The summed E-state index contributed by atoms with van der Waals surface area (Å²) in [5, 5.41) is 1.60. The number of sulfonamides is 1. The first-order valence-corrected chi connectivity index (χ1v) is 10.2. The molecule has 0 fully saturated rings. The Labute approximate surface area is 144 Å². The highest BCUT2D eigenvalue weighted by atomic mass is 32.2. The Morgan fingerprint density at radius 1 is 1.35 bits per heavy atom. The van der Waals surface area contributed by atoms with Gasteiger partial charge < -0.3 is 4.42 Å². The SMILES string of the molecule is CC(C)(C)SC(=O)C[C@@H](NS(=O)(=O)c1cccs1)c1ccco1. The van der Waals surface area contributed by atoms with E-state index in [1.165, 1.54) is 24.1 Å². The normalized spacial score (nSPS) is 13.9. The van der Waals surface area contributed by atoms with E-state index in [-0.39, 0.29) is 20.5 Å². The quantitative estimate of drug-likeness (QED) is 0.833. The highest BCUT2D eigenvalue weighted by Gasteiger charge is 2.28. The zero-order valence-electron chi connectivity index (χ0n) is 13.1. The number of nitrogens with one attached hydrogen (secondary N) is 1. The van der Waals surface area contributed by atoms with Gasteiger partial charge in [-0.3, -0.25) is 4.79 Å². The summed E-state index contributed by atoms with van der Waals surface area (Å²) in [5.41, 5.74) is 0. The third-order valence-corrected chi connectivity index (χ3v) is 6.61. The number of hydrogen-bond donors (Lipinski definition) is 1. The van der Waals surface area contributed by atoms with Gasteiger partial charge in [0, 0.05) is 11.2 Å². The second kappa shape index (κ2) is 7.21. The first kappa shape index (κ1) is 18.3. The highest BCUT2D eigenvalue weighted by Crippen LogP contribution is 2.30. The number of hydrogen-bond acceptors (Lipinski definition) is 6. The molecule has 0 saturated heterocycles. The summed E-state index contributed by atoms with van der Waals surface area (Å²) in [7, 11) is -3.68. The van der Waals surface area contributed by atoms with Crippen LogP contribution in [0.4, 0.5) is 0 Å². The van der Waals surface area contributed by atoms with Crippen LogP contribution >= 0.6 is 23.1 Å². The lowest BCUT2D eigenvalue weighted by Crippen LogP contribution is -2.29. The largest absolute Gasteiger partial charge is 0.468 e. The van der Waals surface area contributed by atoms with Crippen LogP contribution in [-0.4, -0.2) is 18.3 Å². The van der Waals surface area contributed by atoms with Gasteiger partial charge in [0.1, 0.15) is 9.97 Å². The molecule has 0 bridgehead atoms. The summed E-state index contributed by atoms with van der Waals surface area (Å²) >= 11 is 2.32. The van der Waals surface area contributed by atoms with Gasteiger partial charge in [0.05, 0.1) is 12.3 Å². The summed E-state index contributed by atoms with van der Waals surface area (Å²) in [5.74, 6) is 0.424. The molecule has 0 unspecified atom stereocenters. The van der Waals surface area contributed by atoms with Crippen molar-refractivity contribution in [3.05, 3.63) is 41.7 Å². The smallest absolute Gasteiger partial charge is 0.250 e. The predicted octanol–water partition coefficient (Wildman–Crippen LogP) is 3.81. The Kier molecular flexibility index (Phi) is 5.72. The van der Waals surface area contributed by atoms with Gasteiger partial charge in [-0.25, -0.2) is 8.42 Å². The molecular weight excluding hydrogens is 354 g/mol. The van der Waals surface area contributed by atoms with Crippen molar-refractivity contribution in [3.63, 3.8) is 0 Å². The summed E-state index contributed by atoms with van der Waals surface area (Å²) in [4.78, 5) is 12.2. The lowest BCUT2D eigenvalue weighted by atomic mass is 10.2. The van der Waals surface area contributed by atoms with Crippen molar-refractivity contribution in [2.45, 2.75) is 42.2 Å². The van der Waals surface area contributed by atoms with Gasteiger partial charge >= 0.3 is 0 Å². The Morgan fingerprint density at radius 3 is 2.61 bits per heavy atom. The number of carbonyl (C=O) groups is 1. The van der Waals surface area contributed by atoms with Crippen molar-refractivity contribution in [1.82, 2.24) is 4.72 Å². The molecule has 126 valence electrons. The molecule has 2 aromatic rings. The van der Waals surface area contributed by atoms with E-state index in [0.29, 0.717) is 5.76 Å². The molecule has 8 heteroatoms. The maximum Gasteiger partial charge on any atom is 0.250 e. The van der Waals surface area contributed by atoms with Crippen LogP contribution in [0.2, 0.25) is 0 Å². The fourth-order valence-corrected chi connectivity index (χ4v) is 5.05. The maximum atomic E-state index is 12.4. The third-order valence-electron chi connectivity index (χ3n) is 2.73.